The SMILES string of the molecule is CCCOCC(CS)CCC. The van der Waals surface area contributed by atoms with Gasteiger partial charge in [0.05, 0.1) is 6.61 Å². The van der Waals surface area contributed by atoms with Crippen molar-refractivity contribution in [3.05, 3.63) is 0 Å². The summed E-state index contributed by atoms with van der Waals surface area (Å²) in [5.74, 6) is 1.62. The minimum atomic E-state index is 0.662. The van der Waals surface area contributed by atoms with E-state index in [4.69, 9.17) is 4.74 Å². The Hall–Kier alpha value is 0.310. The van der Waals surface area contributed by atoms with Crippen LogP contribution in [-0.4, -0.2) is 19.0 Å². The zero-order valence-corrected chi connectivity index (χ0v) is 8.57. The Labute approximate surface area is 75.9 Å². The van der Waals surface area contributed by atoms with Gasteiger partial charge in [0.15, 0.2) is 0 Å². The van der Waals surface area contributed by atoms with Gasteiger partial charge >= 0.3 is 0 Å². The molecule has 0 saturated carbocycles. The molecule has 0 bridgehead atoms. The first-order valence-electron chi connectivity index (χ1n) is 4.53. The van der Waals surface area contributed by atoms with Gasteiger partial charge in [-0.15, -0.1) is 0 Å². The van der Waals surface area contributed by atoms with Gasteiger partial charge < -0.3 is 4.74 Å². The van der Waals surface area contributed by atoms with Crippen molar-refractivity contribution in [3.63, 3.8) is 0 Å². The summed E-state index contributed by atoms with van der Waals surface area (Å²) in [7, 11) is 0. The predicted octanol–water partition coefficient (Wildman–Crippen LogP) is 2.76. The topological polar surface area (TPSA) is 9.23 Å². The van der Waals surface area contributed by atoms with Crippen LogP contribution in [0, 0.1) is 5.92 Å². The van der Waals surface area contributed by atoms with Crippen LogP contribution in [0.3, 0.4) is 0 Å². The second kappa shape index (κ2) is 8.41. The molecule has 0 aromatic rings. The summed E-state index contributed by atoms with van der Waals surface area (Å²) < 4.78 is 5.44. The lowest BCUT2D eigenvalue weighted by molar-refractivity contribution is 0.104. The van der Waals surface area contributed by atoms with Crippen molar-refractivity contribution < 1.29 is 4.74 Å². The van der Waals surface area contributed by atoms with Crippen molar-refractivity contribution in [1.29, 1.82) is 0 Å². The van der Waals surface area contributed by atoms with Crippen LogP contribution >= 0.6 is 12.6 Å². The monoisotopic (exact) mass is 176 g/mol. The normalized spacial score (nSPS) is 13.4. The van der Waals surface area contributed by atoms with Crippen LogP contribution in [0.1, 0.15) is 33.1 Å². The third-order valence-electron chi connectivity index (χ3n) is 1.66. The zero-order chi connectivity index (χ0) is 8.53. The van der Waals surface area contributed by atoms with Crippen LogP contribution in [0.5, 0.6) is 0 Å². The van der Waals surface area contributed by atoms with E-state index in [0.717, 1.165) is 25.4 Å². The van der Waals surface area contributed by atoms with Gasteiger partial charge in [0.25, 0.3) is 0 Å². The molecule has 0 fully saturated rings. The molecule has 1 atom stereocenters. The Kier molecular flexibility index (Phi) is 8.64. The summed E-state index contributed by atoms with van der Waals surface area (Å²) in [6, 6.07) is 0. The van der Waals surface area contributed by atoms with Gasteiger partial charge in [0.1, 0.15) is 0 Å². The number of ether oxygens (including phenoxy) is 1. The molecule has 11 heavy (non-hydrogen) atoms. The van der Waals surface area contributed by atoms with Gasteiger partial charge in [-0.2, -0.15) is 12.6 Å². The lowest BCUT2D eigenvalue weighted by atomic mass is 10.1. The van der Waals surface area contributed by atoms with Crippen molar-refractivity contribution >= 4 is 12.6 Å². The molecule has 68 valence electrons. The maximum atomic E-state index is 5.44. The van der Waals surface area contributed by atoms with Crippen molar-refractivity contribution in [1.82, 2.24) is 0 Å². The standard InChI is InChI=1S/C9H20OS/c1-3-5-9(8-11)7-10-6-4-2/h9,11H,3-8H2,1-2H3. The second-order valence-electron chi connectivity index (χ2n) is 2.91. The van der Waals surface area contributed by atoms with E-state index in [0.29, 0.717) is 5.92 Å². The number of hydrogen-bond donors (Lipinski definition) is 1. The number of hydrogen-bond acceptors (Lipinski definition) is 2. The van der Waals surface area contributed by atoms with Crippen LogP contribution in [0.2, 0.25) is 0 Å². The molecule has 2 heteroatoms. The molecule has 0 aromatic carbocycles. The summed E-state index contributed by atoms with van der Waals surface area (Å²) in [5, 5.41) is 0. The molecular formula is C9H20OS. The third kappa shape index (κ3) is 6.70. The third-order valence-corrected chi connectivity index (χ3v) is 2.17. The first kappa shape index (κ1) is 11.3. The Morgan fingerprint density at radius 3 is 2.45 bits per heavy atom. The Bertz CT molecular complexity index is 76.0. The van der Waals surface area contributed by atoms with Gasteiger partial charge in [-0.3, -0.25) is 0 Å². The molecule has 1 nitrogen and oxygen atoms in total. The lowest BCUT2D eigenvalue weighted by Crippen LogP contribution is -2.11. The second-order valence-corrected chi connectivity index (χ2v) is 3.28. The first-order chi connectivity index (χ1) is 5.35. The summed E-state index contributed by atoms with van der Waals surface area (Å²) in [5.41, 5.74) is 0. The molecule has 0 spiro atoms. The molecule has 0 saturated heterocycles. The molecule has 0 aliphatic carbocycles. The van der Waals surface area contributed by atoms with E-state index in [1.807, 2.05) is 0 Å². The Balaban J connectivity index is 3.20. The van der Waals surface area contributed by atoms with Gasteiger partial charge in [0.2, 0.25) is 0 Å². The molecule has 0 heterocycles. The highest BCUT2D eigenvalue weighted by atomic mass is 32.1. The smallest absolute Gasteiger partial charge is 0.0502 e. The molecule has 0 rings (SSSR count). The van der Waals surface area contributed by atoms with Gasteiger partial charge in [-0.05, 0) is 24.5 Å². The van der Waals surface area contributed by atoms with Crippen molar-refractivity contribution in [2.45, 2.75) is 33.1 Å². The van der Waals surface area contributed by atoms with E-state index >= 15 is 0 Å². The predicted molar refractivity (Wildman–Crippen MR) is 53.4 cm³/mol. The van der Waals surface area contributed by atoms with Crippen molar-refractivity contribution in [3.8, 4) is 0 Å². The number of rotatable bonds is 7. The van der Waals surface area contributed by atoms with E-state index in [1.54, 1.807) is 0 Å². The van der Waals surface area contributed by atoms with Gasteiger partial charge in [-0.1, -0.05) is 20.3 Å². The zero-order valence-electron chi connectivity index (χ0n) is 7.68. The van der Waals surface area contributed by atoms with Crippen molar-refractivity contribution in [2.75, 3.05) is 19.0 Å². The highest BCUT2D eigenvalue weighted by Gasteiger charge is 2.04. The fourth-order valence-corrected chi connectivity index (χ4v) is 1.32. The maximum Gasteiger partial charge on any atom is 0.0502 e. The quantitative estimate of drug-likeness (QED) is 0.463. The molecule has 1 unspecified atom stereocenters. The molecule has 0 aromatic heterocycles. The lowest BCUT2D eigenvalue weighted by Gasteiger charge is -2.12. The highest BCUT2D eigenvalue weighted by molar-refractivity contribution is 7.80. The van der Waals surface area contributed by atoms with Crippen LogP contribution in [-0.2, 0) is 4.74 Å². The average Bonchev–Trinajstić information content (AvgIpc) is 2.03. The summed E-state index contributed by atoms with van der Waals surface area (Å²) >= 11 is 4.27. The number of thiol groups is 1. The van der Waals surface area contributed by atoms with Crippen LogP contribution < -0.4 is 0 Å². The van der Waals surface area contributed by atoms with E-state index in [1.165, 1.54) is 12.8 Å². The van der Waals surface area contributed by atoms with Crippen LogP contribution in [0.4, 0.5) is 0 Å². The van der Waals surface area contributed by atoms with E-state index in [2.05, 4.69) is 26.5 Å². The Morgan fingerprint density at radius 1 is 1.27 bits per heavy atom. The minimum absolute atomic E-state index is 0.662. The molecule has 0 aliphatic rings. The van der Waals surface area contributed by atoms with Gasteiger partial charge in [0, 0.05) is 6.61 Å². The average molecular weight is 176 g/mol. The maximum absolute atomic E-state index is 5.44. The summed E-state index contributed by atoms with van der Waals surface area (Å²) in [6.45, 7) is 6.13. The molecule has 0 aliphatic heterocycles. The highest BCUT2D eigenvalue weighted by Crippen LogP contribution is 2.08. The van der Waals surface area contributed by atoms with Crippen molar-refractivity contribution in [2.24, 2.45) is 5.92 Å². The molecule has 0 radical (unpaired) electrons. The van der Waals surface area contributed by atoms with Gasteiger partial charge in [-0.25, -0.2) is 0 Å². The largest absolute Gasteiger partial charge is 0.381 e. The van der Waals surface area contributed by atoms with Crippen LogP contribution in [0.15, 0.2) is 0 Å². The molecular weight excluding hydrogens is 156 g/mol. The van der Waals surface area contributed by atoms with E-state index in [9.17, 15) is 0 Å². The minimum Gasteiger partial charge on any atom is -0.381 e. The Morgan fingerprint density at radius 2 is 2.00 bits per heavy atom. The summed E-state index contributed by atoms with van der Waals surface area (Å²) in [6.07, 6.45) is 3.60. The fourth-order valence-electron chi connectivity index (χ4n) is 1.03. The fraction of sp³-hybridized carbons (Fsp3) is 1.00. The van der Waals surface area contributed by atoms with E-state index < -0.39 is 0 Å². The summed E-state index contributed by atoms with van der Waals surface area (Å²) in [4.78, 5) is 0. The molecule has 0 N–H and O–H groups in total. The first-order valence-corrected chi connectivity index (χ1v) is 5.16. The molecule has 0 amide bonds. The van der Waals surface area contributed by atoms with Crippen LogP contribution in [0.25, 0.3) is 0 Å². The van der Waals surface area contributed by atoms with E-state index in [-0.39, 0.29) is 0 Å².